The lowest BCUT2D eigenvalue weighted by atomic mass is 10.1. The average molecular weight is 203 g/mol. The van der Waals surface area contributed by atoms with Gasteiger partial charge in [0, 0.05) is 6.54 Å². The molecule has 1 amide bonds. The zero-order valence-electron chi connectivity index (χ0n) is 9.25. The molecule has 0 aromatic carbocycles. The minimum Gasteiger partial charge on any atom is -0.450 e. The van der Waals surface area contributed by atoms with Crippen LogP contribution in [0.5, 0.6) is 0 Å². The molecule has 0 aliphatic carbocycles. The van der Waals surface area contributed by atoms with Crippen molar-refractivity contribution in [2.45, 2.75) is 39.7 Å². The van der Waals surface area contributed by atoms with Gasteiger partial charge in [-0.05, 0) is 19.3 Å². The highest BCUT2D eigenvalue weighted by atomic mass is 16.5. The number of hydrogen-bond donors (Lipinski definition) is 2. The summed E-state index contributed by atoms with van der Waals surface area (Å²) in [5.74, 6) is 0.0497. The van der Waals surface area contributed by atoms with Crippen LogP contribution in [0.25, 0.3) is 0 Å². The van der Waals surface area contributed by atoms with Gasteiger partial charge in [0.15, 0.2) is 0 Å². The van der Waals surface area contributed by atoms with E-state index in [0.29, 0.717) is 13.2 Å². The molecule has 0 aliphatic rings. The van der Waals surface area contributed by atoms with Crippen molar-refractivity contribution in [2.24, 2.45) is 5.92 Å². The van der Waals surface area contributed by atoms with Crippen LogP contribution in [0.2, 0.25) is 0 Å². The first kappa shape index (κ1) is 13.2. The van der Waals surface area contributed by atoms with Crippen LogP contribution < -0.4 is 5.32 Å². The highest BCUT2D eigenvalue weighted by molar-refractivity contribution is 5.67. The summed E-state index contributed by atoms with van der Waals surface area (Å²) in [6.07, 6.45) is 1.09. The molecular formula is C10H21NO3. The van der Waals surface area contributed by atoms with E-state index in [1.54, 1.807) is 6.92 Å². The molecule has 0 fully saturated rings. The zero-order chi connectivity index (χ0) is 11.0. The number of aliphatic hydroxyl groups excluding tert-OH is 1. The number of nitrogens with one attached hydrogen (secondary N) is 1. The summed E-state index contributed by atoms with van der Waals surface area (Å²) in [7, 11) is 0. The predicted molar refractivity (Wildman–Crippen MR) is 55.1 cm³/mol. The topological polar surface area (TPSA) is 58.6 Å². The molecule has 4 nitrogen and oxygen atoms in total. The van der Waals surface area contributed by atoms with E-state index in [9.17, 15) is 4.79 Å². The summed E-state index contributed by atoms with van der Waals surface area (Å²) in [4.78, 5) is 11.0. The Bertz CT molecular complexity index is 159. The Morgan fingerprint density at radius 1 is 1.50 bits per heavy atom. The molecule has 0 aromatic heterocycles. The second kappa shape index (κ2) is 7.62. The van der Waals surface area contributed by atoms with Gasteiger partial charge in [0.1, 0.15) is 0 Å². The van der Waals surface area contributed by atoms with Gasteiger partial charge in [-0.25, -0.2) is 4.79 Å². The summed E-state index contributed by atoms with van der Waals surface area (Å²) in [6.45, 7) is 6.52. The highest BCUT2D eigenvalue weighted by Crippen LogP contribution is 1.99. The van der Waals surface area contributed by atoms with E-state index in [4.69, 9.17) is 9.84 Å². The van der Waals surface area contributed by atoms with E-state index in [-0.39, 0.29) is 5.92 Å². The van der Waals surface area contributed by atoms with Gasteiger partial charge < -0.3 is 15.2 Å². The number of carbonyl (C=O) groups excluding carboxylic acids is 1. The largest absolute Gasteiger partial charge is 0.450 e. The third kappa shape index (κ3) is 6.71. The quantitative estimate of drug-likeness (QED) is 0.644. The van der Waals surface area contributed by atoms with Crippen molar-refractivity contribution < 1.29 is 14.6 Å². The van der Waals surface area contributed by atoms with Crippen LogP contribution in [0.4, 0.5) is 4.79 Å². The van der Waals surface area contributed by atoms with Crippen LogP contribution in [0, 0.1) is 5.92 Å². The number of aliphatic hydroxyl groups is 1. The van der Waals surface area contributed by atoms with Gasteiger partial charge in [-0.2, -0.15) is 0 Å². The van der Waals surface area contributed by atoms with Crippen molar-refractivity contribution >= 4 is 6.09 Å². The fraction of sp³-hybridized carbons (Fsp3) is 0.900. The third-order valence-electron chi connectivity index (χ3n) is 2.12. The lowest BCUT2D eigenvalue weighted by Gasteiger charge is -2.14. The summed E-state index contributed by atoms with van der Waals surface area (Å²) < 4.78 is 4.88. The Balaban J connectivity index is 3.44. The fourth-order valence-corrected chi connectivity index (χ4v) is 0.775. The molecule has 0 bridgehead atoms. The lowest BCUT2D eigenvalue weighted by molar-refractivity contribution is 0.121. The molecule has 0 spiro atoms. The first-order chi connectivity index (χ1) is 6.57. The van der Waals surface area contributed by atoms with Crippen molar-refractivity contribution in [3.05, 3.63) is 0 Å². The minimum atomic E-state index is -0.411. The van der Waals surface area contributed by atoms with Crippen LogP contribution in [-0.4, -0.2) is 30.5 Å². The van der Waals surface area contributed by atoms with E-state index >= 15 is 0 Å². The first-order valence-electron chi connectivity index (χ1n) is 5.16. The Morgan fingerprint density at radius 3 is 2.64 bits per heavy atom. The molecule has 84 valence electrons. The predicted octanol–water partition coefficient (Wildman–Crippen LogP) is 1.53. The van der Waals surface area contributed by atoms with Crippen LogP contribution >= 0.6 is 0 Å². The average Bonchev–Trinajstić information content (AvgIpc) is 2.14. The number of ether oxygens (including phenoxy) is 1. The Morgan fingerprint density at radius 2 is 2.14 bits per heavy atom. The second-order valence-corrected chi connectivity index (χ2v) is 3.59. The molecule has 0 heterocycles. The molecule has 0 aliphatic heterocycles. The van der Waals surface area contributed by atoms with Crippen molar-refractivity contribution in [3.8, 4) is 0 Å². The van der Waals surface area contributed by atoms with Crippen molar-refractivity contribution in [1.29, 1.82) is 0 Å². The van der Waals surface area contributed by atoms with Gasteiger partial charge in [-0.1, -0.05) is 20.3 Å². The molecule has 0 saturated heterocycles. The number of amides is 1. The monoisotopic (exact) mass is 203 g/mol. The zero-order valence-corrected chi connectivity index (χ0v) is 9.25. The summed E-state index contributed by atoms with van der Waals surface area (Å²) >= 11 is 0. The molecule has 2 atom stereocenters. The van der Waals surface area contributed by atoms with Crippen molar-refractivity contribution in [1.82, 2.24) is 5.32 Å². The number of alkyl carbamates (subject to hydrolysis) is 1. The SMILES string of the molecule is CCCCOC(=O)NCC(C)C(C)O. The second-order valence-electron chi connectivity index (χ2n) is 3.59. The maximum absolute atomic E-state index is 11.0. The number of unbranched alkanes of at least 4 members (excludes halogenated alkanes) is 1. The Kier molecular flexibility index (Phi) is 7.20. The maximum atomic E-state index is 11.0. The van der Waals surface area contributed by atoms with Gasteiger partial charge >= 0.3 is 6.09 Å². The van der Waals surface area contributed by atoms with E-state index in [1.807, 2.05) is 13.8 Å². The normalized spacial score (nSPS) is 14.6. The molecule has 0 radical (unpaired) electrons. The van der Waals surface area contributed by atoms with Crippen molar-refractivity contribution in [2.75, 3.05) is 13.2 Å². The maximum Gasteiger partial charge on any atom is 0.407 e. The van der Waals surface area contributed by atoms with Gasteiger partial charge in [0.25, 0.3) is 0 Å². The number of hydrogen-bond acceptors (Lipinski definition) is 3. The molecule has 14 heavy (non-hydrogen) atoms. The van der Waals surface area contributed by atoms with Crippen molar-refractivity contribution in [3.63, 3.8) is 0 Å². The van der Waals surface area contributed by atoms with Gasteiger partial charge in [0.05, 0.1) is 12.7 Å². The third-order valence-corrected chi connectivity index (χ3v) is 2.12. The van der Waals surface area contributed by atoms with Crippen LogP contribution in [0.1, 0.15) is 33.6 Å². The molecule has 0 aromatic rings. The molecule has 2 N–H and O–H groups in total. The van der Waals surface area contributed by atoms with Gasteiger partial charge in [0.2, 0.25) is 0 Å². The molecule has 4 heteroatoms. The van der Waals surface area contributed by atoms with Crippen LogP contribution in [0.15, 0.2) is 0 Å². The standard InChI is InChI=1S/C10H21NO3/c1-4-5-6-14-10(13)11-7-8(2)9(3)12/h8-9,12H,4-7H2,1-3H3,(H,11,13). The van der Waals surface area contributed by atoms with E-state index in [2.05, 4.69) is 5.32 Å². The molecule has 0 rings (SSSR count). The van der Waals surface area contributed by atoms with Gasteiger partial charge in [-0.15, -0.1) is 0 Å². The van der Waals surface area contributed by atoms with Crippen LogP contribution in [-0.2, 0) is 4.74 Å². The summed E-state index contributed by atoms with van der Waals surface area (Å²) in [5, 5.41) is 11.8. The number of rotatable bonds is 6. The Labute approximate surface area is 85.6 Å². The van der Waals surface area contributed by atoms with Gasteiger partial charge in [-0.3, -0.25) is 0 Å². The summed E-state index contributed by atoms with van der Waals surface area (Å²) in [6, 6.07) is 0. The van der Waals surface area contributed by atoms with E-state index in [1.165, 1.54) is 0 Å². The Hall–Kier alpha value is -0.770. The summed E-state index contributed by atoms with van der Waals surface area (Å²) in [5.41, 5.74) is 0. The number of carbonyl (C=O) groups is 1. The van der Waals surface area contributed by atoms with E-state index < -0.39 is 12.2 Å². The highest BCUT2D eigenvalue weighted by Gasteiger charge is 2.10. The molecule has 0 saturated carbocycles. The fourth-order valence-electron chi connectivity index (χ4n) is 0.775. The lowest BCUT2D eigenvalue weighted by Crippen LogP contribution is -2.32. The molecule has 2 unspecified atom stereocenters. The first-order valence-corrected chi connectivity index (χ1v) is 5.16. The molecular weight excluding hydrogens is 182 g/mol. The van der Waals surface area contributed by atoms with E-state index in [0.717, 1.165) is 12.8 Å². The minimum absolute atomic E-state index is 0.0497. The smallest absolute Gasteiger partial charge is 0.407 e. The van der Waals surface area contributed by atoms with Crippen LogP contribution in [0.3, 0.4) is 0 Å².